The number of hydrogen-bond donors (Lipinski definition) is 2. The molecule has 0 unspecified atom stereocenters. The van der Waals surface area contributed by atoms with Gasteiger partial charge in [-0.15, -0.1) is 0 Å². The summed E-state index contributed by atoms with van der Waals surface area (Å²) in [5, 5.41) is 15.7. The number of ether oxygens (including phenoxy) is 3. The number of amides is 1. The number of hydrogen-bond acceptors (Lipinski definition) is 8. The highest BCUT2D eigenvalue weighted by molar-refractivity contribution is 5.78. The highest BCUT2D eigenvalue weighted by atomic mass is 19.4. The van der Waals surface area contributed by atoms with Crippen LogP contribution in [0.1, 0.15) is 35.8 Å². The molecule has 198 valence electrons. The summed E-state index contributed by atoms with van der Waals surface area (Å²) < 4.78 is 59.2. The Morgan fingerprint density at radius 2 is 1.65 bits per heavy atom. The van der Waals surface area contributed by atoms with E-state index in [2.05, 4.69) is 15.5 Å². The number of carbonyl (C=O) groups is 2. The summed E-state index contributed by atoms with van der Waals surface area (Å²) in [4.78, 5) is 28.2. The lowest BCUT2D eigenvalue weighted by molar-refractivity contribution is -0.138. The zero-order chi connectivity index (χ0) is 27.2. The lowest BCUT2D eigenvalue weighted by Crippen LogP contribution is -2.25. The average molecular weight is 523 g/mol. The van der Waals surface area contributed by atoms with Gasteiger partial charge in [-0.1, -0.05) is 17.3 Å². The SMILES string of the molecule is COc1cc([C@@H](CC(=O)O)CC(=O)NCc2nc(-c3ccc(C(F)(F)F)cc3)no2)cc(OC)c1OC. The molecule has 0 aliphatic rings. The van der Waals surface area contributed by atoms with E-state index in [0.29, 0.717) is 28.4 Å². The topological polar surface area (TPSA) is 133 Å². The first kappa shape index (κ1) is 27.3. The first-order valence-corrected chi connectivity index (χ1v) is 10.8. The zero-order valence-electron chi connectivity index (χ0n) is 20.1. The highest BCUT2D eigenvalue weighted by Crippen LogP contribution is 2.41. The Morgan fingerprint density at radius 1 is 1.03 bits per heavy atom. The molecule has 0 saturated carbocycles. The van der Waals surface area contributed by atoms with E-state index >= 15 is 0 Å². The number of nitrogens with one attached hydrogen (secondary N) is 1. The normalized spacial score (nSPS) is 12.1. The molecule has 0 fully saturated rings. The summed E-state index contributed by atoms with van der Waals surface area (Å²) >= 11 is 0. The molecule has 37 heavy (non-hydrogen) atoms. The number of rotatable bonds is 11. The van der Waals surface area contributed by atoms with Crippen molar-refractivity contribution in [1.29, 1.82) is 0 Å². The van der Waals surface area contributed by atoms with Crippen LogP contribution in [0.25, 0.3) is 11.4 Å². The van der Waals surface area contributed by atoms with Gasteiger partial charge in [0.2, 0.25) is 23.4 Å². The molecule has 0 radical (unpaired) electrons. The average Bonchev–Trinajstić information content (AvgIpc) is 3.34. The molecule has 3 rings (SSSR count). The van der Waals surface area contributed by atoms with Gasteiger partial charge in [0.1, 0.15) is 0 Å². The fraction of sp³-hybridized carbons (Fsp3) is 0.333. The van der Waals surface area contributed by atoms with Crippen molar-refractivity contribution in [2.45, 2.75) is 31.5 Å². The largest absolute Gasteiger partial charge is 0.493 e. The summed E-state index contributed by atoms with van der Waals surface area (Å²) in [6.07, 6.45) is -5.00. The molecule has 2 N–H and O–H groups in total. The van der Waals surface area contributed by atoms with Crippen LogP contribution < -0.4 is 19.5 Å². The molecule has 2 aromatic carbocycles. The van der Waals surface area contributed by atoms with E-state index in [0.717, 1.165) is 12.1 Å². The van der Waals surface area contributed by atoms with E-state index in [1.807, 2.05) is 0 Å². The molecule has 0 aliphatic carbocycles. The number of carboxylic acids is 1. The second kappa shape index (κ2) is 11.6. The minimum Gasteiger partial charge on any atom is -0.493 e. The number of carbonyl (C=O) groups excluding carboxylic acids is 1. The first-order chi connectivity index (χ1) is 17.5. The van der Waals surface area contributed by atoms with Gasteiger partial charge in [-0.05, 0) is 29.8 Å². The quantitative estimate of drug-likeness (QED) is 0.382. The van der Waals surface area contributed by atoms with E-state index in [4.69, 9.17) is 18.7 Å². The third kappa shape index (κ3) is 6.90. The molecular formula is C24H24F3N3O7. The van der Waals surface area contributed by atoms with E-state index in [1.165, 1.54) is 33.5 Å². The Bertz CT molecular complexity index is 1220. The first-order valence-electron chi connectivity index (χ1n) is 10.8. The van der Waals surface area contributed by atoms with E-state index < -0.39 is 29.5 Å². The number of aliphatic carboxylic acids is 1. The van der Waals surface area contributed by atoms with Gasteiger partial charge in [0.05, 0.1) is 39.9 Å². The summed E-state index contributed by atoms with van der Waals surface area (Å²) in [5.41, 5.74) is -0.0112. The molecule has 0 bridgehead atoms. The molecule has 1 aromatic heterocycles. The summed E-state index contributed by atoms with van der Waals surface area (Å²) in [6, 6.07) is 7.39. The molecule has 1 amide bonds. The molecule has 0 saturated heterocycles. The Hall–Kier alpha value is -4.29. The highest BCUT2D eigenvalue weighted by Gasteiger charge is 2.30. The third-order valence-corrected chi connectivity index (χ3v) is 5.39. The Balaban J connectivity index is 1.69. The van der Waals surface area contributed by atoms with Crippen molar-refractivity contribution in [2.75, 3.05) is 21.3 Å². The van der Waals surface area contributed by atoms with Crippen molar-refractivity contribution >= 4 is 11.9 Å². The van der Waals surface area contributed by atoms with Gasteiger partial charge in [-0.2, -0.15) is 18.2 Å². The lowest BCUT2D eigenvalue weighted by atomic mass is 9.91. The van der Waals surface area contributed by atoms with E-state index in [9.17, 15) is 27.9 Å². The number of methoxy groups -OCH3 is 3. The lowest BCUT2D eigenvalue weighted by Gasteiger charge is -2.19. The summed E-state index contributed by atoms with van der Waals surface area (Å²) in [6.45, 7) is -0.165. The van der Waals surface area contributed by atoms with Crippen LogP contribution in [0.3, 0.4) is 0 Å². The van der Waals surface area contributed by atoms with E-state index in [-0.39, 0.29) is 31.1 Å². The maximum atomic E-state index is 12.7. The molecule has 13 heteroatoms. The van der Waals surface area contributed by atoms with Gasteiger partial charge in [0.25, 0.3) is 0 Å². The second-order valence-electron chi connectivity index (χ2n) is 7.82. The van der Waals surface area contributed by atoms with Gasteiger partial charge in [0.15, 0.2) is 11.5 Å². The standard InChI is InChI=1S/C24H24F3N3O7/c1-34-17-8-14(9-18(35-2)22(17)36-3)15(11-21(32)33)10-19(31)28-12-20-29-23(30-37-20)13-4-6-16(7-5-13)24(25,26)27/h4-9,15H,10-12H2,1-3H3,(H,28,31)(H,32,33)/t15-/m1/s1. The number of benzene rings is 2. The summed E-state index contributed by atoms with van der Waals surface area (Å²) in [7, 11) is 4.27. The predicted octanol–water partition coefficient (Wildman–Crippen LogP) is 4.05. The third-order valence-electron chi connectivity index (χ3n) is 5.39. The Morgan fingerprint density at radius 3 is 2.16 bits per heavy atom. The van der Waals surface area contributed by atoms with Crippen LogP contribution in [-0.4, -0.2) is 48.5 Å². The van der Waals surface area contributed by atoms with Crippen molar-refractivity contribution in [3.63, 3.8) is 0 Å². The van der Waals surface area contributed by atoms with Crippen LogP contribution in [0.15, 0.2) is 40.9 Å². The van der Waals surface area contributed by atoms with Gasteiger partial charge in [-0.3, -0.25) is 9.59 Å². The van der Waals surface area contributed by atoms with Crippen molar-refractivity contribution in [1.82, 2.24) is 15.5 Å². The number of aromatic nitrogens is 2. The molecule has 1 atom stereocenters. The van der Waals surface area contributed by atoms with Crippen LogP contribution in [0, 0.1) is 0 Å². The number of halogens is 3. The van der Waals surface area contributed by atoms with Crippen molar-refractivity contribution in [2.24, 2.45) is 0 Å². The second-order valence-corrected chi connectivity index (χ2v) is 7.82. The van der Waals surface area contributed by atoms with Gasteiger partial charge < -0.3 is 29.2 Å². The molecular weight excluding hydrogens is 499 g/mol. The van der Waals surface area contributed by atoms with Gasteiger partial charge in [-0.25, -0.2) is 0 Å². The van der Waals surface area contributed by atoms with Gasteiger partial charge >= 0.3 is 12.1 Å². The fourth-order valence-corrected chi connectivity index (χ4v) is 3.58. The van der Waals surface area contributed by atoms with Gasteiger partial charge in [0, 0.05) is 17.9 Å². The van der Waals surface area contributed by atoms with Crippen LogP contribution in [0.2, 0.25) is 0 Å². The predicted molar refractivity (Wildman–Crippen MR) is 122 cm³/mol. The summed E-state index contributed by atoms with van der Waals surface area (Å²) in [5.74, 6) is -1.29. The zero-order valence-corrected chi connectivity index (χ0v) is 20.1. The maximum absolute atomic E-state index is 12.7. The molecule has 3 aromatic rings. The molecule has 0 spiro atoms. The molecule has 1 heterocycles. The number of alkyl halides is 3. The minimum atomic E-state index is -4.47. The molecule has 10 nitrogen and oxygen atoms in total. The smallest absolute Gasteiger partial charge is 0.416 e. The van der Waals surface area contributed by atoms with Crippen molar-refractivity contribution < 1.29 is 46.6 Å². The number of carboxylic acid groups (broad SMARTS) is 1. The van der Waals surface area contributed by atoms with Crippen LogP contribution in [-0.2, 0) is 22.3 Å². The maximum Gasteiger partial charge on any atom is 0.416 e. The van der Waals surface area contributed by atoms with Crippen LogP contribution in [0.4, 0.5) is 13.2 Å². The van der Waals surface area contributed by atoms with Crippen LogP contribution >= 0.6 is 0 Å². The Kier molecular flexibility index (Phi) is 8.58. The molecule has 0 aliphatic heterocycles. The number of nitrogens with zero attached hydrogens (tertiary/aromatic N) is 2. The van der Waals surface area contributed by atoms with E-state index in [1.54, 1.807) is 12.1 Å². The Labute approximate surface area is 209 Å². The fourth-order valence-electron chi connectivity index (χ4n) is 3.58. The monoisotopic (exact) mass is 523 g/mol. The minimum absolute atomic E-state index is 0.0193. The van der Waals surface area contributed by atoms with Crippen molar-refractivity contribution in [3.8, 4) is 28.6 Å². The van der Waals surface area contributed by atoms with Crippen molar-refractivity contribution in [3.05, 3.63) is 53.4 Å². The van der Waals surface area contributed by atoms with Crippen LogP contribution in [0.5, 0.6) is 17.2 Å².